The molecule has 1 aliphatic rings. The quantitative estimate of drug-likeness (QED) is 0.142. The summed E-state index contributed by atoms with van der Waals surface area (Å²) in [5, 5.41) is 30.1. The Hall–Kier alpha value is -0.520. The van der Waals surface area contributed by atoms with Crippen molar-refractivity contribution in [1.29, 1.82) is 0 Å². The van der Waals surface area contributed by atoms with E-state index >= 15 is 0 Å². The Morgan fingerprint density at radius 1 is 0.970 bits per heavy atom. The van der Waals surface area contributed by atoms with Crippen molar-refractivity contribution >= 4 is 18.6 Å². The van der Waals surface area contributed by atoms with Gasteiger partial charge >= 0.3 is 5.97 Å². The van der Waals surface area contributed by atoms with E-state index in [0.717, 1.165) is 38.5 Å². The van der Waals surface area contributed by atoms with Crippen LogP contribution in [-0.2, 0) is 4.79 Å². The van der Waals surface area contributed by atoms with E-state index in [4.69, 9.17) is 17.7 Å². The van der Waals surface area contributed by atoms with Crippen molar-refractivity contribution in [2.45, 2.75) is 129 Å². The van der Waals surface area contributed by atoms with Crippen LogP contribution in [0, 0.1) is 29.6 Å². The fraction of sp³-hybridized carbons (Fsp3) is 0.893. The van der Waals surface area contributed by atoms with E-state index < -0.39 is 11.6 Å². The van der Waals surface area contributed by atoms with Gasteiger partial charge in [0.15, 0.2) is 0 Å². The summed E-state index contributed by atoms with van der Waals surface area (Å²) in [7, 11) is 0. The molecule has 1 aliphatic carbocycles. The summed E-state index contributed by atoms with van der Waals surface area (Å²) in [5.74, 6) is 0.950. The highest BCUT2D eigenvalue weighted by molar-refractivity contribution is 7.81. The Bertz CT molecular complexity index is 603. The predicted octanol–water partition coefficient (Wildman–Crippen LogP) is 6.89. The number of aliphatic hydroxyl groups excluding tert-OH is 1. The van der Waals surface area contributed by atoms with Crippen molar-refractivity contribution in [2.24, 2.45) is 29.6 Å². The molecule has 33 heavy (non-hydrogen) atoms. The normalized spacial score (nSPS) is 28.0. The van der Waals surface area contributed by atoms with E-state index in [2.05, 4.69) is 33.8 Å². The molecular formula is C28H52O4S. The molecule has 0 radical (unpaired) electrons. The molecule has 4 nitrogen and oxygen atoms in total. The van der Waals surface area contributed by atoms with Crippen molar-refractivity contribution in [3.8, 4) is 0 Å². The molecule has 0 saturated heterocycles. The summed E-state index contributed by atoms with van der Waals surface area (Å²) < 4.78 is 0. The number of carboxylic acids is 1. The lowest BCUT2D eigenvalue weighted by Gasteiger charge is -2.35. The second kappa shape index (κ2) is 14.8. The maximum atomic E-state index is 10.9. The predicted molar refractivity (Wildman–Crippen MR) is 142 cm³/mol. The third-order valence-corrected chi connectivity index (χ3v) is 8.94. The Kier molecular flexibility index (Phi) is 13.7. The van der Waals surface area contributed by atoms with Gasteiger partial charge in [-0.3, -0.25) is 4.79 Å². The Morgan fingerprint density at radius 2 is 1.48 bits per heavy atom. The van der Waals surface area contributed by atoms with Gasteiger partial charge in [0, 0.05) is 5.25 Å². The third kappa shape index (κ3) is 11.6. The maximum absolute atomic E-state index is 10.9. The van der Waals surface area contributed by atoms with E-state index in [0.29, 0.717) is 30.6 Å². The number of carbonyl (C=O) groups is 1. The molecule has 0 heterocycles. The summed E-state index contributed by atoms with van der Waals surface area (Å²) in [6, 6.07) is 0. The molecule has 5 heteroatoms. The van der Waals surface area contributed by atoms with Crippen LogP contribution in [0.4, 0.5) is 0 Å². The highest BCUT2D eigenvalue weighted by atomic mass is 32.1. The van der Waals surface area contributed by atoms with E-state index in [-0.39, 0.29) is 23.2 Å². The van der Waals surface area contributed by atoms with Crippen molar-refractivity contribution in [1.82, 2.24) is 0 Å². The zero-order valence-electron chi connectivity index (χ0n) is 22.1. The lowest BCUT2D eigenvalue weighted by atomic mass is 9.78. The number of hydrogen-bond acceptors (Lipinski definition) is 4. The van der Waals surface area contributed by atoms with Gasteiger partial charge < -0.3 is 15.3 Å². The molecule has 0 aromatic rings. The van der Waals surface area contributed by atoms with E-state index in [9.17, 15) is 15.0 Å². The van der Waals surface area contributed by atoms with Crippen LogP contribution in [-0.4, -0.2) is 38.2 Å². The first-order chi connectivity index (χ1) is 15.3. The largest absolute Gasteiger partial charge is 0.481 e. The first-order valence-electron chi connectivity index (χ1n) is 13.4. The second-order valence-corrected chi connectivity index (χ2v) is 12.2. The molecule has 0 aliphatic heterocycles. The van der Waals surface area contributed by atoms with Gasteiger partial charge in [-0.2, -0.15) is 12.6 Å². The van der Waals surface area contributed by atoms with Crippen LogP contribution in [0.2, 0.25) is 0 Å². The van der Waals surface area contributed by atoms with Crippen molar-refractivity contribution in [3.05, 3.63) is 11.6 Å². The SMILES string of the molecule is CC(CCCC(C)CCC1=CC(O)C(C)C(C)C1S)CCCC(C)(O)CCCC(C)C(=O)O. The summed E-state index contributed by atoms with van der Waals surface area (Å²) in [5.41, 5.74) is 0.634. The smallest absolute Gasteiger partial charge is 0.306 e. The first-order valence-corrected chi connectivity index (χ1v) is 13.9. The molecule has 0 aromatic carbocycles. The van der Waals surface area contributed by atoms with Crippen LogP contribution in [0.3, 0.4) is 0 Å². The minimum Gasteiger partial charge on any atom is -0.481 e. The molecule has 8 atom stereocenters. The molecule has 0 bridgehead atoms. The lowest BCUT2D eigenvalue weighted by molar-refractivity contribution is -0.141. The minimum atomic E-state index is -0.752. The molecular weight excluding hydrogens is 432 g/mol. The molecule has 0 fully saturated rings. The number of hydrogen-bond donors (Lipinski definition) is 4. The molecule has 0 amide bonds. The Balaban J connectivity index is 2.19. The summed E-state index contributed by atoms with van der Waals surface area (Å²) in [4.78, 5) is 10.9. The number of carboxylic acid groups (broad SMARTS) is 1. The number of thiol groups is 1. The number of aliphatic hydroxyl groups is 2. The van der Waals surface area contributed by atoms with Crippen LogP contribution < -0.4 is 0 Å². The van der Waals surface area contributed by atoms with Crippen LogP contribution >= 0.6 is 12.6 Å². The van der Waals surface area contributed by atoms with Gasteiger partial charge in [0.2, 0.25) is 0 Å². The van der Waals surface area contributed by atoms with Gasteiger partial charge in [-0.15, -0.1) is 0 Å². The van der Waals surface area contributed by atoms with Crippen LogP contribution in [0.15, 0.2) is 11.6 Å². The molecule has 3 N–H and O–H groups in total. The molecule has 0 saturated carbocycles. The van der Waals surface area contributed by atoms with Crippen molar-refractivity contribution < 1.29 is 20.1 Å². The number of aliphatic carboxylic acids is 1. The zero-order chi connectivity index (χ0) is 25.2. The van der Waals surface area contributed by atoms with Gasteiger partial charge in [-0.1, -0.05) is 78.4 Å². The fourth-order valence-corrected chi connectivity index (χ4v) is 5.51. The van der Waals surface area contributed by atoms with Gasteiger partial charge in [0.25, 0.3) is 0 Å². The van der Waals surface area contributed by atoms with Crippen molar-refractivity contribution in [2.75, 3.05) is 0 Å². The molecule has 8 unspecified atom stereocenters. The molecule has 0 aromatic heterocycles. The number of rotatable bonds is 16. The highest BCUT2D eigenvalue weighted by Crippen LogP contribution is 2.36. The van der Waals surface area contributed by atoms with E-state index in [1.54, 1.807) is 6.92 Å². The Labute approximate surface area is 209 Å². The van der Waals surface area contributed by atoms with E-state index in [1.165, 1.54) is 24.8 Å². The van der Waals surface area contributed by atoms with E-state index in [1.807, 2.05) is 6.92 Å². The summed E-state index contributed by atoms with van der Waals surface area (Å²) >= 11 is 4.82. The second-order valence-electron chi connectivity index (χ2n) is 11.6. The summed E-state index contributed by atoms with van der Waals surface area (Å²) in [6.45, 7) is 12.6. The zero-order valence-corrected chi connectivity index (χ0v) is 23.0. The molecule has 1 rings (SSSR count). The standard InChI is InChI=1S/C28H52O4S/c1-19(12-8-16-28(6,32)17-9-13-21(3)27(30)31)10-7-11-20(2)14-15-24-18-25(29)22(4)23(5)26(24)33/h18-23,25-26,29,32-33H,7-17H2,1-6H3,(H,30,31). The summed E-state index contributed by atoms with van der Waals surface area (Å²) in [6.07, 6.45) is 12.7. The average Bonchev–Trinajstić information content (AvgIpc) is 2.73. The minimum absolute atomic E-state index is 0.272. The topological polar surface area (TPSA) is 77.8 Å². The fourth-order valence-electron chi connectivity index (χ4n) is 5.02. The van der Waals surface area contributed by atoms with Crippen molar-refractivity contribution in [3.63, 3.8) is 0 Å². The highest BCUT2D eigenvalue weighted by Gasteiger charge is 2.31. The van der Waals surface area contributed by atoms with Crippen LogP contribution in [0.5, 0.6) is 0 Å². The molecule has 0 spiro atoms. The maximum Gasteiger partial charge on any atom is 0.306 e. The van der Waals surface area contributed by atoms with Crippen LogP contribution in [0.1, 0.15) is 112 Å². The Morgan fingerprint density at radius 3 is 2.06 bits per heavy atom. The average molecular weight is 485 g/mol. The van der Waals surface area contributed by atoms with Gasteiger partial charge in [-0.05, 0) is 69.1 Å². The van der Waals surface area contributed by atoms with Crippen LogP contribution in [0.25, 0.3) is 0 Å². The lowest BCUT2D eigenvalue weighted by Crippen LogP contribution is -2.34. The molecule has 194 valence electrons. The monoisotopic (exact) mass is 484 g/mol. The van der Waals surface area contributed by atoms with Gasteiger partial charge in [-0.25, -0.2) is 0 Å². The van der Waals surface area contributed by atoms with Gasteiger partial charge in [0.05, 0.1) is 17.6 Å². The first kappa shape index (κ1) is 30.5. The van der Waals surface area contributed by atoms with Gasteiger partial charge in [0.1, 0.15) is 0 Å². The third-order valence-electron chi connectivity index (χ3n) is 8.14.